The molecule has 0 saturated carbocycles. The van der Waals surface area contributed by atoms with Crippen molar-refractivity contribution < 1.29 is 4.74 Å². The lowest BCUT2D eigenvalue weighted by atomic mass is 9.96. The topological polar surface area (TPSA) is 21.3 Å². The van der Waals surface area contributed by atoms with Crippen molar-refractivity contribution in [3.05, 3.63) is 65.2 Å². The summed E-state index contributed by atoms with van der Waals surface area (Å²) in [5.74, 6) is 0.971. The van der Waals surface area contributed by atoms with Gasteiger partial charge in [-0.05, 0) is 37.1 Å². The fourth-order valence-corrected chi connectivity index (χ4v) is 2.51. The van der Waals surface area contributed by atoms with Crippen molar-refractivity contribution in [2.75, 3.05) is 13.7 Å². The van der Waals surface area contributed by atoms with Gasteiger partial charge in [-0.25, -0.2) is 0 Å². The number of hydrogen-bond donors (Lipinski definition) is 1. The molecule has 112 valence electrons. The van der Waals surface area contributed by atoms with E-state index < -0.39 is 0 Å². The van der Waals surface area contributed by atoms with Crippen LogP contribution >= 0.6 is 0 Å². The Kier molecular flexibility index (Phi) is 5.82. The molecule has 2 aromatic carbocycles. The van der Waals surface area contributed by atoms with Crippen LogP contribution in [-0.2, 0) is 6.42 Å². The quantitative estimate of drug-likeness (QED) is 0.816. The monoisotopic (exact) mass is 283 g/mol. The third kappa shape index (κ3) is 3.85. The minimum Gasteiger partial charge on any atom is -0.493 e. The number of aryl methyl sites for hydroxylation is 1. The molecule has 0 bridgehead atoms. The van der Waals surface area contributed by atoms with E-state index in [2.05, 4.69) is 61.6 Å². The molecule has 2 aromatic rings. The lowest BCUT2D eigenvalue weighted by molar-refractivity contribution is 0.312. The molecule has 1 N–H and O–H groups in total. The number of hydrogen-bond acceptors (Lipinski definition) is 2. The third-order valence-corrected chi connectivity index (χ3v) is 3.70. The standard InChI is InChI=1S/C19H25NO/c1-4-14-21-18-9-7-6-8-17(18)19(20-3)16-12-10-15(5-2)11-13-16/h6-13,19-20H,4-5,14H2,1-3H3. The Morgan fingerprint density at radius 1 is 1.00 bits per heavy atom. The van der Waals surface area contributed by atoms with Gasteiger partial charge in [-0.2, -0.15) is 0 Å². The van der Waals surface area contributed by atoms with Crippen molar-refractivity contribution in [1.82, 2.24) is 5.32 Å². The van der Waals surface area contributed by atoms with E-state index in [0.717, 1.165) is 25.2 Å². The number of rotatable bonds is 7. The lowest BCUT2D eigenvalue weighted by Gasteiger charge is -2.21. The Balaban J connectivity index is 2.31. The van der Waals surface area contributed by atoms with Crippen LogP contribution in [0.15, 0.2) is 48.5 Å². The zero-order chi connectivity index (χ0) is 15.1. The maximum atomic E-state index is 5.90. The fourth-order valence-electron chi connectivity index (χ4n) is 2.51. The molecule has 0 aliphatic heterocycles. The van der Waals surface area contributed by atoms with Crippen LogP contribution < -0.4 is 10.1 Å². The van der Waals surface area contributed by atoms with Gasteiger partial charge >= 0.3 is 0 Å². The van der Waals surface area contributed by atoms with Crippen LogP contribution in [0, 0.1) is 0 Å². The highest BCUT2D eigenvalue weighted by Crippen LogP contribution is 2.30. The molecule has 2 rings (SSSR count). The molecular formula is C19H25NO. The molecule has 0 fully saturated rings. The summed E-state index contributed by atoms with van der Waals surface area (Å²) in [5, 5.41) is 3.41. The summed E-state index contributed by atoms with van der Waals surface area (Å²) < 4.78 is 5.90. The van der Waals surface area contributed by atoms with Crippen LogP contribution in [0.4, 0.5) is 0 Å². The molecule has 1 atom stereocenters. The van der Waals surface area contributed by atoms with E-state index in [0.29, 0.717) is 0 Å². The second-order valence-electron chi connectivity index (χ2n) is 5.20. The minimum absolute atomic E-state index is 0.156. The first-order chi connectivity index (χ1) is 10.3. The Bertz CT molecular complexity index is 548. The summed E-state index contributed by atoms with van der Waals surface area (Å²) >= 11 is 0. The summed E-state index contributed by atoms with van der Waals surface area (Å²) in [4.78, 5) is 0. The number of benzene rings is 2. The minimum atomic E-state index is 0.156. The van der Waals surface area contributed by atoms with Gasteiger partial charge in [0.25, 0.3) is 0 Å². The first-order valence-corrected chi connectivity index (χ1v) is 7.78. The third-order valence-electron chi connectivity index (χ3n) is 3.70. The maximum Gasteiger partial charge on any atom is 0.124 e. The van der Waals surface area contributed by atoms with E-state index in [4.69, 9.17) is 4.74 Å². The van der Waals surface area contributed by atoms with Crippen molar-refractivity contribution in [3.8, 4) is 5.75 Å². The van der Waals surface area contributed by atoms with Gasteiger partial charge in [-0.15, -0.1) is 0 Å². The number of para-hydroxylation sites is 1. The van der Waals surface area contributed by atoms with Gasteiger partial charge in [0.1, 0.15) is 5.75 Å². The van der Waals surface area contributed by atoms with Crippen LogP contribution in [0.2, 0.25) is 0 Å². The molecule has 0 aliphatic rings. The van der Waals surface area contributed by atoms with Gasteiger partial charge in [0.2, 0.25) is 0 Å². The first-order valence-electron chi connectivity index (χ1n) is 7.78. The van der Waals surface area contributed by atoms with Crippen molar-refractivity contribution in [2.45, 2.75) is 32.7 Å². The molecule has 0 aromatic heterocycles. The maximum absolute atomic E-state index is 5.90. The van der Waals surface area contributed by atoms with Crippen LogP contribution in [0.5, 0.6) is 5.75 Å². The molecule has 2 nitrogen and oxygen atoms in total. The van der Waals surface area contributed by atoms with Crippen molar-refractivity contribution in [3.63, 3.8) is 0 Å². The average Bonchev–Trinajstić information content (AvgIpc) is 2.55. The highest BCUT2D eigenvalue weighted by atomic mass is 16.5. The molecule has 2 heteroatoms. The highest BCUT2D eigenvalue weighted by Gasteiger charge is 2.16. The van der Waals surface area contributed by atoms with Gasteiger partial charge in [-0.3, -0.25) is 0 Å². The van der Waals surface area contributed by atoms with E-state index in [1.54, 1.807) is 0 Å². The SMILES string of the molecule is CCCOc1ccccc1C(NC)c1ccc(CC)cc1. The van der Waals surface area contributed by atoms with Crippen LogP contribution in [0.3, 0.4) is 0 Å². The van der Waals surface area contributed by atoms with Crippen LogP contribution in [0.1, 0.15) is 43.0 Å². The number of nitrogens with one attached hydrogen (secondary N) is 1. The molecule has 0 saturated heterocycles. The van der Waals surface area contributed by atoms with Gasteiger partial charge in [0.05, 0.1) is 12.6 Å². The van der Waals surface area contributed by atoms with Gasteiger partial charge < -0.3 is 10.1 Å². The van der Waals surface area contributed by atoms with Crippen molar-refractivity contribution in [1.29, 1.82) is 0 Å². The highest BCUT2D eigenvalue weighted by molar-refractivity contribution is 5.42. The molecule has 21 heavy (non-hydrogen) atoms. The lowest BCUT2D eigenvalue weighted by Crippen LogP contribution is -2.18. The van der Waals surface area contributed by atoms with Gasteiger partial charge in [-0.1, -0.05) is 56.3 Å². The molecule has 1 unspecified atom stereocenters. The fraction of sp³-hybridized carbons (Fsp3) is 0.368. The summed E-state index contributed by atoms with van der Waals surface area (Å²) in [6.45, 7) is 5.06. The summed E-state index contributed by atoms with van der Waals surface area (Å²) in [6, 6.07) is 17.3. The largest absolute Gasteiger partial charge is 0.493 e. The van der Waals surface area contributed by atoms with Gasteiger partial charge in [0, 0.05) is 5.56 Å². The normalized spacial score (nSPS) is 12.1. The molecular weight excluding hydrogens is 258 g/mol. The predicted octanol–water partition coefficient (Wildman–Crippen LogP) is 4.35. The van der Waals surface area contributed by atoms with Crippen LogP contribution in [0.25, 0.3) is 0 Å². The van der Waals surface area contributed by atoms with E-state index in [1.807, 2.05) is 13.1 Å². The van der Waals surface area contributed by atoms with Crippen molar-refractivity contribution >= 4 is 0 Å². The van der Waals surface area contributed by atoms with E-state index >= 15 is 0 Å². The molecule has 0 radical (unpaired) electrons. The Hall–Kier alpha value is -1.80. The molecule has 0 heterocycles. The molecule has 0 amide bonds. The van der Waals surface area contributed by atoms with E-state index in [-0.39, 0.29) is 6.04 Å². The zero-order valence-electron chi connectivity index (χ0n) is 13.2. The van der Waals surface area contributed by atoms with Crippen molar-refractivity contribution in [2.24, 2.45) is 0 Å². The van der Waals surface area contributed by atoms with E-state index in [9.17, 15) is 0 Å². The Morgan fingerprint density at radius 2 is 1.71 bits per heavy atom. The summed E-state index contributed by atoms with van der Waals surface area (Å²) in [7, 11) is 2.00. The smallest absolute Gasteiger partial charge is 0.124 e. The molecule has 0 spiro atoms. The predicted molar refractivity (Wildman–Crippen MR) is 89.0 cm³/mol. The van der Waals surface area contributed by atoms with Crippen LogP contribution in [-0.4, -0.2) is 13.7 Å². The molecule has 0 aliphatic carbocycles. The van der Waals surface area contributed by atoms with Gasteiger partial charge in [0.15, 0.2) is 0 Å². The zero-order valence-corrected chi connectivity index (χ0v) is 13.2. The summed E-state index contributed by atoms with van der Waals surface area (Å²) in [6.07, 6.45) is 2.09. The Labute approximate surface area is 128 Å². The summed E-state index contributed by atoms with van der Waals surface area (Å²) in [5.41, 5.74) is 3.82. The second-order valence-corrected chi connectivity index (χ2v) is 5.20. The number of ether oxygens (including phenoxy) is 1. The first kappa shape index (κ1) is 15.6. The van der Waals surface area contributed by atoms with E-state index in [1.165, 1.54) is 16.7 Å². The Morgan fingerprint density at radius 3 is 2.33 bits per heavy atom. The average molecular weight is 283 g/mol. The second kappa shape index (κ2) is 7.84.